The van der Waals surface area contributed by atoms with Gasteiger partial charge in [-0.25, -0.2) is 4.39 Å². The van der Waals surface area contributed by atoms with Crippen LogP contribution in [0.3, 0.4) is 0 Å². The Morgan fingerprint density at radius 1 is 1.02 bits per heavy atom. The minimum Gasteiger partial charge on any atom is -0.455 e. The number of thioether (sulfide) groups is 1. The van der Waals surface area contributed by atoms with Gasteiger partial charge in [-0.3, -0.25) is 14.5 Å². The van der Waals surface area contributed by atoms with Crippen molar-refractivity contribution in [2.75, 3.05) is 11.9 Å². The van der Waals surface area contributed by atoms with Gasteiger partial charge in [-0.1, -0.05) is 59.8 Å². The molecule has 1 aliphatic rings. The van der Waals surface area contributed by atoms with E-state index in [2.05, 4.69) is 15.5 Å². The summed E-state index contributed by atoms with van der Waals surface area (Å²) in [5.41, 5.74) is 3.61. The first-order chi connectivity index (χ1) is 19.4. The molecule has 40 heavy (non-hydrogen) atoms. The fraction of sp³-hybridized carbons (Fsp3) is 0.161. The maximum atomic E-state index is 13.3. The molecule has 1 aromatic heterocycles. The summed E-state index contributed by atoms with van der Waals surface area (Å²) in [6.07, 6.45) is 2.11. The molecule has 0 saturated carbocycles. The molecule has 1 unspecified atom stereocenters. The number of carbonyl (C=O) groups is 2. The van der Waals surface area contributed by atoms with E-state index in [1.165, 1.54) is 30.1 Å². The number of nitrogens with zero attached hydrogens (tertiary/aromatic N) is 3. The predicted octanol–water partition coefficient (Wildman–Crippen LogP) is 6.30. The van der Waals surface area contributed by atoms with Gasteiger partial charge in [-0.05, 0) is 67.4 Å². The van der Waals surface area contributed by atoms with E-state index in [9.17, 15) is 14.0 Å². The van der Waals surface area contributed by atoms with Crippen molar-refractivity contribution < 1.29 is 18.4 Å². The fourth-order valence-corrected chi connectivity index (χ4v) is 5.27. The minimum atomic E-state index is -0.608. The summed E-state index contributed by atoms with van der Waals surface area (Å²) < 4.78 is 19.0. The van der Waals surface area contributed by atoms with Crippen LogP contribution in [0.25, 0.3) is 11.3 Å². The van der Waals surface area contributed by atoms with Crippen LogP contribution in [0.4, 0.5) is 10.1 Å². The lowest BCUT2D eigenvalue weighted by Crippen LogP contribution is -2.35. The molecule has 1 aliphatic heterocycles. The zero-order valence-electron chi connectivity index (χ0n) is 21.8. The quantitative estimate of drug-likeness (QED) is 0.194. The molecular weight excluding hydrogens is 527 g/mol. The molecule has 1 fully saturated rings. The van der Waals surface area contributed by atoms with Crippen LogP contribution >= 0.6 is 11.8 Å². The van der Waals surface area contributed by atoms with E-state index in [4.69, 9.17) is 4.42 Å². The van der Waals surface area contributed by atoms with Gasteiger partial charge < -0.3 is 9.73 Å². The van der Waals surface area contributed by atoms with Gasteiger partial charge in [-0.15, -0.1) is 5.10 Å². The molecule has 4 aromatic rings. The van der Waals surface area contributed by atoms with Crippen molar-refractivity contribution >= 4 is 40.6 Å². The monoisotopic (exact) mass is 554 g/mol. The molecule has 1 saturated heterocycles. The van der Waals surface area contributed by atoms with Crippen molar-refractivity contribution in [1.82, 2.24) is 4.90 Å². The second kappa shape index (κ2) is 12.6. The van der Waals surface area contributed by atoms with E-state index < -0.39 is 5.25 Å². The first-order valence-electron chi connectivity index (χ1n) is 12.8. The van der Waals surface area contributed by atoms with E-state index in [1.807, 2.05) is 61.5 Å². The van der Waals surface area contributed by atoms with Crippen molar-refractivity contribution in [3.8, 4) is 11.3 Å². The molecule has 3 aromatic carbocycles. The topological polar surface area (TPSA) is 87.3 Å². The van der Waals surface area contributed by atoms with Crippen molar-refractivity contribution in [2.45, 2.75) is 25.0 Å². The maximum absolute atomic E-state index is 13.3. The van der Waals surface area contributed by atoms with Crippen LogP contribution < -0.4 is 5.32 Å². The Kier molecular flexibility index (Phi) is 8.51. The Bertz CT molecular complexity index is 1530. The number of furan rings is 1. The number of halogens is 1. The fourth-order valence-electron chi connectivity index (χ4n) is 4.15. The summed E-state index contributed by atoms with van der Waals surface area (Å²) in [7, 11) is 0. The van der Waals surface area contributed by atoms with E-state index in [0.717, 1.165) is 16.7 Å². The van der Waals surface area contributed by atoms with Gasteiger partial charge >= 0.3 is 0 Å². The molecule has 9 heteroatoms. The van der Waals surface area contributed by atoms with Crippen molar-refractivity contribution in [1.29, 1.82) is 0 Å². The Labute approximate surface area is 235 Å². The summed E-state index contributed by atoms with van der Waals surface area (Å²) >= 11 is 1.23. The van der Waals surface area contributed by atoms with Crippen LogP contribution in [0.15, 0.2) is 106 Å². The highest BCUT2D eigenvalue weighted by Gasteiger charge is 2.39. The lowest BCUT2D eigenvalue weighted by Gasteiger charge is -2.15. The highest BCUT2D eigenvalue weighted by molar-refractivity contribution is 8.15. The third-order valence-corrected chi connectivity index (χ3v) is 7.44. The third kappa shape index (κ3) is 6.92. The lowest BCUT2D eigenvalue weighted by molar-refractivity contribution is -0.128. The first kappa shape index (κ1) is 27.1. The number of nitrogens with one attached hydrogen (secondary N) is 1. The van der Waals surface area contributed by atoms with Crippen LogP contribution in [0.5, 0.6) is 0 Å². The largest absolute Gasteiger partial charge is 0.455 e. The molecule has 202 valence electrons. The van der Waals surface area contributed by atoms with E-state index >= 15 is 0 Å². The average molecular weight is 555 g/mol. The number of rotatable bonds is 9. The molecule has 1 N–H and O–H groups in total. The van der Waals surface area contributed by atoms with Crippen LogP contribution in [0.2, 0.25) is 0 Å². The molecule has 0 radical (unpaired) electrons. The summed E-state index contributed by atoms with van der Waals surface area (Å²) in [5, 5.41) is 11.2. The number of carbonyl (C=O) groups excluding carboxylic acids is 2. The van der Waals surface area contributed by atoms with Gasteiger partial charge in [0.25, 0.3) is 0 Å². The van der Waals surface area contributed by atoms with Gasteiger partial charge in [0.05, 0.1) is 6.21 Å². The average Bonchev–Trinajstić information content (AvgIpc) is 3.54. The van der Waals surface area contributed by atoms with Gasteiger partial charge in [0.1, 0.15) is 22.6 Å². The molecule has 2 amide bonds. The molecular formula is C31H27FN4O3S. The number of anilines is 1. The van der Waals surface area contributed by atoms with E-state index in [0.29, 0.717) is 35.3 Å². The number of hydrogen-bond acceptors (Lipinski definition) is 6. The number of hydrogen-bond donors (Lipinski definition) is 1. The van der Waals surface area contributed by atoms with Crippen LogP contribution in [0.1, 0.15) is 23.3 Å². The van der Waals surface area contributed by atoms with Crippen LogP contribution in [-0.4, -0.2) is 39.9 Å². The van der Waals surface area contributed by atoms with Crippen molar-refractivity contribution in [3.63, 3.8) is 0 Å². The summed E-state index contributed by atoms with van der Waals surface area (Å²) in [6.45, 7) is 2.39. The highest BCUT2D eigenvalue weighted by Crippen LogP contribution is 2.30. The van der Waals surface area contributed by atoms with Crippen LogP contribution in [-0.2, 0) is 16.0 Å². The number of benzene rings is 3. The van der Waals surface area contributed by atoms with Gasteiger partial charge in [-0.2, -0.15) is 5.10 Å². The molecule has 0 aliphatic carbocycles. The van der Waals surface area contributed by atoms with Crippen molar-refractivity contribution in [3.05, 3.63) is 114 Å². The molecule has 0 bridgehead atoms. The van der Waals surface area contributed by atoms with E-state index in [1.54, 1.807) is 29.2 Å². The number of aryl methyl sites for hydroxylation is 1. The second-order valence-corrected chi connectivity index (χ2v) is 10.5. The Balaban J connectivity index is 1.29. The number of amidine groups is 1. The van der Waals surface area contributed by atoms with Gasteiger partial charge in [0.15, 0.2) is 5.17 Å². The third-order valence-electron chi connectivity index (χ3n) is 6.28. The minimum absolute atomic E-state index is 0.0150. The summed E-state index contributed by atoms with van der Waals surface area (Å²) in [4.78, 5) is 27.7. The highest BCUT2D eigenvalue weighted by atomic mass is 32.2. The molecule has 7 nitrogen and oxygen atoms in total. The summed E-state index contributed by atoms with van der Waals surface area (Å²) in [5.74, 6) is 0.294. The first-order valence-corrected chi connectivity index (χ1v) is 13.7. The van der Waals surface area contributed by atoms with Gasteiger partial charge in [0, 0.05) is 24.2 Å². The Morgan fingerprint density at radius 3 is 2.52 bits per heavy atom. The van der Waals surface area contributed by atoms with Crippen molar-refractivity contribution in [2.24, 2.45) is 10.2 Å². The van der Waals surface area contributed by atoms with Gasteiger partial charge in [0.2, 0.25) is 11.8 Å². The maximum Gasteiger partial charge on any atom is 0.242 e. The van der Waals surface area contributed by atoms with Crippen LogP contribution in [0, 0.1) is 12.7 Å². The predicted molar refractivity (Wildman–Crippen MR) is 157 cm³/mol. The zero-order valence-corrected chi connectivity index (χ0v) is 22.6. The Hall–Kier alpha value is -4.50. The molecule has 5 rings (SSSR count). The smallest absolute Gasteiger partial charge is 0.242 e. The SMILES string of the molecule is Cc1ccc(NC(=O)CC2S/C(=N\N=C\c3ccc(-c4ccc(F)cc4)o3)N(CCc3ccccc3)C2=O)cc1. The normalized spacial score (nSPS) is 16.2. The summed E-state index contributed by atoms with van der Waals surface area (Å²) in [6, 6.07) is 26.9. The molecule has 0 spiro atoms. The zero-order chi connectivity index (χ0) is 27.9. The standard InChI is InChI=1S/C31H27FN4O3S/c1-21-7-13-25(14-8-21)34-29(37)19-28-30(38)36(18-17-22-5-3-2-4-6-22)31(40-28)35-33-20-26-15-16-27(39-26)23-9-11-24(32)12-10-23/h2-16,20,28H,17-19H2,1H3,(H,34,37)/b33-20+,35-31-. The lowest BCUT2D eigenvalue weighted by atomic mass is 10.1. The molecule has 1 atom stereocenters. The number of amides is 2. The Morgan fingerprint density at radius 2 is 1.77 bits per heavy atom. The van der Waals surface area contributed by atoms with E-state index in [-0.39, 0.29) is 24.1 Å². The molecule has 2 heterocycles. The second-order valence-electron chi connectivity index (χ2n) is 9.29.